The molecular formula is C18H26N6OS. The van der Waals surface area contributed by atoms with E-state index in [0.29, 0.717) is 5.65 Å². The molecule has 1 amide bonds. The van der Waals surface area contributed by atoms with E-state index in [-0.39, 0.29) is 17.8 Å². The van der Waals surface area contributed by atoms with E-state index < -0.39 is 0 Å². The monoisotopic (exact) mass is 374 g/mol. The van der Waals surface area contributed by atoms with Crippen molar-refractivity contribution in [2.45, 2.75) is 44.6 Å². The lowest BCUT2D eigenvalue weighted by Crippen LogP contribution is -2.37. The van der Waals surface area contributed by atoms with Gasteiger partial charge in [0, 0.05) is 43.9 Å². The number of rotatable bonds is 3. The average molecular weight is 375 g/mol. The van der Waals surface area contributed by atoms with E-state index in [4.69, 9.17) is 0 Å². The molecule has 4 rings (SSSR count). The summed E-state index contributed by atoms with van der Waals surface area (Å²) in [7, 11) is 1.88. The Labute approximate surface area is 157 Å². The van der Waals surface area contributed by atoms with Crippen LogP contribution in [-0.4, -0.2) is 56.3 Å². The van der Waals surface area contributed by atoms with Crippen molar-refractivity contribution in [3.05, 3.63) is 12.0 Å². The number of aromatic nitrogens is 4. The van der Waals surface area contributed by atoms with Crippen molar-refractivity contribution in [1.82, 2.24) is 25.1 Å². The Bertz CT molecular complexity index is 777. The molecule has 2 aliphatic rings. The molecule has 0 aromatic carbocycles. The number of nitrogens with one attached hydrogen (secondary N) is 1. The summed E-state index contributed by atoms with van der Waals surface area (Å²) in [5.74, 6) is 3.07. The Morgan fingerprint density at radius 1 is 1.15 bits per heavy atom. The highest BCUT2D eigenvalue weighted by Gasteiger charge is 2.23. The van der Waals surface area contributed by atoms with Crippen LogP contribution in [-0.2, 0) is 7.05 Å². The van der Waals surface area contributed by atoms with Crippen LogP contribution in [0.4, 0.5) is 5.82 Å². The van der Waals surface area contributed by atoms with Crippen molar-refractivity contribution >= 4 is 34.5 Å². The van der Waals surface area contributed by atoms with Gasteiger partial charge >= 0.3 is 0 Å². The zero-order chi connectivity index (χ0) is 17.9. The van der Waals surface area contributed by atoms with Crippen LogP contribution < -0.4 is 10.2 Å². The quantitative estimate of drug-likeness (QED) is 0.832. The maximum Gasteiger partial charge on any atom is 0.289 e. The zero-order valence-corrected chi connectivity index (χ0v) is 16.1. The molecule has 0 spiro atoms. The lowest BCUT2D eigenvalue weighted by atomic mass is 10.1. The maximum atomic E-state index is 12.8. The third-order valence-corrected chi connectivity index (χ3v) is 6.12. The SMILES string of the molecule is Cn1cc2c(N3CCSCC3)nc(C(=O)NC3CCCCCC3)nc2n1. The summed E-state index contributed by atoms with van der Waals surface area (Å²) in [4.78, 5) is 24.2. The predicted octanol–water partition coefficient (Wildman–Crippen LogP) is 2.37. The van der Waals surface area contributed by atoms with E-state index in [9.17, 15) is 4.79 Å². The highest BCUT2D eigenvalue weighted by Crippen LogP contribution is 2.26. The molecule has 7 nitrogen and oxygen atoms in total. The Morgan fingerprint density at radius 3 is 2.62 bits per heavy atom. The lowest BCUT2D eigenvalue weighted by Gasteiger charge is -2.28. The molecule has 2 fully saturated rings. The van der Waals surface area contributed by atoms with Crippen LogP contribution in [0.1, 0.15) is 49.1 Å². The van der Waals surface area contributed by atoms with Gasteiger partial charge in [-0.25, -0.2) is 9.97 Å². The number of carbonyl (C=O) groups is 1. The fraction of sp³-hybridized carbons (Fsp3) is 0.667. The molecular weight excluding hydrogens is 348 g/mol. The molecule has 1 aliphatic carbocycles. The minimum atomic E-state index is -0.169. The molecule has 1 saturated heterocycles. The van der Waals surface area contributed by atoms with Crippen LogP contribution in [0.3, 0.4) is 0 Å². The highest BCUT2D eigenvalue weighted by molar-refractivity contribution is 7.99. The van der Waals surface area contributed by atoms with Gasteiger partial charge in [0.15, 0.2) is 5.65 Å². The summed E-state index contributed by atoms with van der Waals surface area (Å²) < 4.78 is 1.74. The van der Waals surface area contributed by atoms with Crippen LogP contribution in [0.25, 0.3) is 11.0 Å². The number of fused-ring (bicyclic) bond motifs is 1. The molecule has 2 aromatic heterocycles. The number of amides is 1. The van der Waals surface area contributed by atoms with Crippen LogP contribution in [0.5, 0.6) is 0 Å². The average Bonchev–Trinajstić information content (AvgIpc) is 2.85. The van der Waals surface area contributed by atoms with Gasteiger partial charge in [-0.05, 0) is 12.8 Å². The fourth-order valence-electron chi connectivity index (χ4n) is 3.79. The van der Waals surface area contributed by atoms with E-state index in [1.165, 1.54) is 25.7 Å². The van der Waals surface area contributed by atoms with Gasteiger partial charge in [0.1, 0.15) is 5.82 Å². The van der Waals surface area contributed by atoms with Gasteiger partial charge in [0.05, 0.1) is 5.39 Å². The van der Waals surface area contributed by atoms with Crippen LogP contribution in [0.15, 0.2) is 6.20 Å². The molecule has 1 saturated carbocycles. The van der Waals surface area contributed by atoms with E-state index in [0.717, 1.165) is 48.6 Å². The summed E-state index contributed by atoms with van der Waals surface area (Å²) in [5.41, 5.74) is 0.599. The number of anilines is 1. The van der Waals surface area contributed by atoms with Gasteiger partial charge in [-0.1, -0.05) is 25.7 Å². The molecule has 1 aliphatic heterocycles. The number of hydrogen-bond donors (Lipinski definition) is 1. The molecule has 140 valence electrons. The summed E-state index contributed by atoms with van der Waals surface area (Å²) in [6.07, 6.45) is 8.93. The summed E-state index contributed by atoms with van der Waals surface area (Å²) >= 11 is 1.95. The fourth-order valence-corrected chi connectivity index (χ4v) is 4.70. The Balaban J connectivity index is 1.62. The third-order valence-electron chi connectivity index (χ3n) is 5.18. The van der Waals surface area contributed by atoms with Crippen molar-refractivity contribution in [3.8, 4) is 0 Å². The predicted molar refractivity (Wildman–Crippen MR) is 105 cm³/mol. The largest absolute Gasteiger partial charge is 0.354 e. The Hall–Kier alpha value is -1.83. The first kappa shape index (κ1) is 17.6. The molecule has 26 heavy (non-hydrogen) atoms. The Kier molecular flexibility index (Phi) is 5.28. The van der Waals surface area contributed by atoms with Gasteiger partial charge in [-0.15, -0.1) is 0 Å². The molecule has 0 radical (unpaired) electrons. The first-order chi connectivity index (χ1) is 12.7. The van der Waals surface area contributed by atoms with E-state index in [1.54, 1.807) is 4.68 Å². The molecule has 0 unspecified atom stereocenters. The van der Waals surface area contributed by atoms with Gasteiger partial charge in [0.2, 0.25) is 5.82 Å². The zero-order valence-electron chi connectivity index (χ0n) is 15.3. The van der Waals surface area contributed by atoms with Crippen molar-refractivity contribution in [3.63, 3.8) is 0 Å². The van der Waals surface area contributed by atoms with Crippen LogP contribution >= 0.6 is 11.8 Å². The van der Waals surface area contributed by atoms with Gasteiger partial charge in [0.25, 0.3) is 5.91 Å². The van der Waals surface area contributed by atoms with Gasteiger partial charge in [-0.2, -0.15) is 16.9 Å². The van der Waals surface area contributed by atoms with E-state index >= 15 is 0 Å². The van der Waals surface area contributed by atoms with Crippen molar-refractivity contribution in [2.75, 3.05) is 29.5 Å². The van der Waals surface area contributed by atoms with Gasteiger partial charge < -0.3 is 10.2 Å². The van der Waals surface area contributed by atoms with Crippen molar-refractivity contribution < 1.29 is 4.79 Å². The van der Waals surface area contributed by atoms with E-state index in [2.05, 4.69) is 25.3 Å². The second-order valence-electron chi connectivity index (χ2n) is 7.17. The normalized spacial score (nSPS) is 19.5. The smallest absolute Gasteiger partial charge is 0.289 e. The summed E-state index contributed by atoms with van der Waals surface area (Å²) in [6.45, 7) is 1.88. The second kappa shape index (κ2) is 7.82. The molecule has 3 heterocycles. The van der Waals surface area contributed by atoms with Crippen molar-refractivity contribution in [1.29, 1.82) is 0 Å². The van der Waals surface area contributed by atoms with Gasteiger partial charge in [-0.3, -0.25) is 9.48 Å². The first-order valence-corrected chi connectivity index (χ1v) is 10.7. The summed E-state index contributed by atoms with van der Waals surface area (Å²) in [6, 6.07) is 0.239. The molecule has 8 heteroatoms. The van der Waals surface area contributed by atoms with Crippen molar-refractivity contribution in [2.24, 2.45) is 7.05 Å². The first-order valence-electron chi connectivity index (χ1n) is 9.55. The number of aryl methyl sites for hydroxylation is 1. The Morgan fingerprint density at radius 2 is 1.88 bits per heavy atom. The molecule has 1 N–H and O–H groups in total. The number of carbonyl (C=O) groups excluding carboxylic acids is 1. The lowest BCUT2D eigenvalue weighted by molar-refractivity contribution is 0.0923. The number of thioether (sulfide) groups is 1. The minimum Gasteiger partial charge on any atom is -0.354 e. The topological polar surface area (TPSA) is 75.9 Å². The van der Waals surface area contributed by atoms with Crippen LogP contribution in [0, 0.1) is 0 Å². The maximum absolute atomic E-state index is 12.8. The number of nitrogens with zero attached hydrogens (tertiary/aromatic N) is 5. The third kappa shape index (κ3) is 3.79. The minimum absolute atomic E-state index is 0.169. The molecule has 0 atom stereocenters. The molecule has 0 bridgehead atoms. The standard InChI is InChI=1S/C18H26N6OS/c1-23-12-14-15(22-23)20-16(21-17(14)24-8-10-26-11-9-24)18(25)19-13-6-4-2-3-5-7-13/h12-13H,2-11H2,1H3,(H,19,25). The molecule has 2 aromatic rings. The van der Waals surface area contributed by atoms with E-state index in [1.807, 2.05) is 25.0 Å². The highest BCUT2D eigenvalue weighted by atomic mass is 32.2. The summed E-state index contributed by atoms with van der Waals surface area (Å²) in [5, 5.41) is 8.50. The second-order valence-corrected chi connectivity index (χ2v) is 8.40. The number of hydrogen-bond acceptors (Lipinski definition) is 6. The van der Waals surface area contributed by atoms with Crippen LogP contribution in [0.2, 0.25) is 0 Å².